The Hall–Kier alpha value is 0.000649. The van der Waals surface area contributed by atoms with E-state index in [1.54, 1.807) is 0 Å². The maximum Gasteiger partial charge on any atom is 0.305 e. The SMILES string of the molecule is COC(=O)CC[C@@H](C)[C@H]1CCC2C3C(CC[C@@]21C)[C@]1(C)[C@@H](C[C@H](O[Si](C)(C)C)C[C@H]1O[Si](C)(C)C)C[C@@H]3O[Si](C)(C)C. The molecule has 0 bridgehead atoms. The van der Waals surface area contributed by atoms with Gasteiger partial charge in [0.15, 0.2) is 25.0 Å². The van der Waals surface area contributed by atoms with Gasteiger partial charge in [0.25, 0.3) is 0 Å². The van der Waals surface area contributed by atoms with Gasteiger partial charge in [0.1, 0.15) is 0 Å². The minimum atomic E-state index is -1.76. The number of hydrogen-bond donors (Lipinski definition) is 0. The zero-order valence-electron chi connectivity index (χ0n) is 29.6. The van der Waals surface area contributed by atoms with Crippen molar-refractivity contribution in [2.75, 3.05) is 7.11 Å². The largest absolute Gasteiger partial charge is 0.469 e. The van der Waals surface area contributed by atoms with Gasteiger partial charge in [-0.15, -0.1) is 0 Å². The van der Waals surface area contributed by atoms with Crippen LogP contribution in [-0.4, -0.2) is 56.3 Å². The first-order valence-corrected chi connectivity index (χ1v) is 27.5. The molecule has 0 aromatic rings. The summed E-state index contributed by atoms with van der Waals surface area (Å²) in [4.78, 5) is 12.0. The quantitative estimate of drug-likeness (QED) is 0.176. The highest BCUT2D eigenvalue weighted by Gasteiger charge is 2.66. The van der Waals surface area contributed by atoms with Crippen LogP contribution in [0, 0.1) is 46.3 Å². The molecule has 0 aromatic carbocycles. The van der Waals surface area contributed by atoms with Gasteiger partial charge in [0.05, 0.1) is 13.2 Å². The number of hydrogen-bond acceptors (Lipinski definition) is 5. The average molecular weight is 639 g/mol. The molecular weight excluding hydrogens is 573 g/mol. The standard InChI is InChI=1S/C34H66O5Si3/c1-23(14-17-31(35)36-4)26-15-16-27-32-28(18-19-33(26,27)2)34(3)24(21-29(32)38-41(8,9)10)20-25(37-40(5,6)7)22-30(34)39-42(11,12)13/h23-30,32H,14-22H2,1-13H3/t23-,24+,25+,26-,27?,28?,29+,30-,32?,33-,34+/m1/s1. The third-order valence-electron chi connectivity index (χ3n) is 12.0. The van der Waals surface area contributed by atoms with E-state index in [0.717, 1.165) is 25.7 Å². The number of methoxy groups -OCH3 is 1. The topological polar surface area (TPSA) is 54.0 Å². The normalized spacial score (nSPS) is 41.5. The van der Waals surface area contributed by atoms with Crippen molar-refractivity contribution in [2.24, 2.45) is 46.3 Å². The number of ether oxygens (including phenoxy) is 1. The summed E-state index contributed by atoms with van der Waals surface area (Å²) in [7, 11) is -3.66. The fourth-order valence-electron chi connectivity index (χ4n) is 10.6. The van der Waals surface area contributed by atoms with Crippen LogP contribution in [0.25, 0.3) is 0 Å². The van der Waals surface area contributed by atoms with Crippen LogP contribution >= 0.6 is 0 Å². The van der Waals surface area contributed by atoms with Crippen molar-refractivity contribution >= 4 is 30.9 Å². The van der Waals surface area contributed by atoms with Crippen LogP contribution in [0.3, 0.4) is 0 Å². The number of rotatable bonds is 10. The molecule has 8 heteroatoms. The summed E-state index contributed by atoms with van der Waals surface area (Å²) in [6, 6.07) is 0. The van der Waals surface area contributed by atoms with Crippen LogP contribution in [0.1, 0.15) is 78.6 Å². The lowest BCUT2D eigenvalue weighted by Crippen LogP contribution is -2.65. The Morgan fingerprint density at radius 2 is 1.43 bits per heavy atom. The van der Waals surface area contributed by atoms with Crippen molar-refractivity contribution in [3.8, 4) is 0 Å². The highest BCUT2D eigenvalue weighted by Crippen LogP contribution is 2.69. The molecule has 0 aliphatic heterocycles. The molecule has 3 unspecified atom stereocenters. The van der Waals surface area contributed by atoms with Gasteiger partial charge in [-0.1, -0.05) is 20.8 Å². The van der Waals surface area contributed by atoms with Gasteiger partial charge in [0, 0.05) is 18.6 Å². The molecule has 4 aliphatic carbocycles. The molecule has 0 aromatic heterocycles. The summed E-state index contributed by atoms with van der Waals surface area (Å²) in [5, 5.41) is 0. The van der Waals surface area contributed by atoms with Gasteiger partial charge in [-0.05, 0) is 157 Å². The molecular formula is C34H66O5Si3. The predicted molar refractivity (Wildman–Crippen MR) is 181 cm³/mol. The Kier molecular flexibility index (Phi) is 10.2. The molecule has 4 saturated carbocycles. The van der Waals surface area contributed by atoms with Crippen molar-refractivity contribution < 1.29 is 22.8 Å². The zero-order chi connectivity index (χ0) is 31.5. The molecule has 4 fully saturated rings. The molecule has 0 amide bonds. The van der Waals surface area contributed by atoms with E-state index in [4.69, 9.17) is 18.0 Å². The smallest absolute Gasteiger partial charge is 0.305 e. The second-order valence-electron chi connectivity index (χ2n) is 18.2. The summed E-state index contributed by atoms with van der Waals surface area (Å²) in [6.45, 7) is 29.0. The summed E-state index contributed by atoms with van der Waals surface area (Å²) in [5.41, 5.74) is 0.480. The first-order chi connectivity index (χ1) is 19.2. The molecule has 0 N–H and O–H groups in total. The molecule has 0 radical (unpaired) electrons. The van der Waals surface area contributed by atoms with Crippen molar-refractivity contribution in [3.63, 3.8) is 0 Å². The second-order valence-corrected chi connectivity index (χ2v) is 31.6. The third-order valence-corrected chi connectivity index (χ3v) is 15.0. The highest BCUT2D eigenvalue weighted by molar-refractivity contribution is 6.70. The van der Waals surface area contributed by atoms with E-state index in [2.05, 4.69) is 79.7 Å². The monoisotopic (exact) mass is 638 g/mol. The van der Waals surface area contributed by atoms with Crippen LogP contribution in [-0.2, 0) is 22.8 Å². The molecule has 4 aliphatic rings. The van der Waals surface area contributed by atoms with E-state index in [0.29, 0.717) is 59.6 Å². The Morgan fingerprint density at radius 1 is 0.810 bits per heavy atom. The first-order valence-electron chi connectivity index (χ1n) is 17.3. The van der Waals surface area contributed by atoms with Crippen LogP contribution in [0.15, 0.2) is 0 Å². The molecule has 42 heavy (non-hydrogen) atoms. The van der Waals surface area contributed by atoms with Crippen LogP contribution in [0.5, 0.6) is 0 Å². The van der Waals surface area contributed by atoms with Crippen molar-refractivity contribution in [3.05, 3.63) is 0 Å². The molecule has 0 spiro atoms. The van der Waals surface area contributed by atoms with Gasteiger partial charge in [-0.2, -0.15) is 0 Å². The summed E-state index contributed by atoms with van der Waals surface area (Å²) in [6.07, 6.45) is 10.9. The first kappa shape index (κ1) is 34.9. The van der Waals surface area contributed by atoms with E-state index in [-0.39, 0.29) is 17.5 Å². The Labute approximate surface area is 262 Å². The minimum Gasteiger partial charge on any atom is -0.469 e. The number of carbonyl (C=O) groups is 1. The maximum absolute atomic E-state index is 12.0. The lowest BCUT2D eigenvalue weighted by molar-refractivity contribution is -0.203. The number of fused-ring (bicyclic) bond motifs is 5. The van der Waals surface area contributed by atoms with Crippen LogP contribution < -0.4 is 0 Å². The van der Waals surface area contributed by atoms with Gasteiger partial charge < -0.3 is 18.0 Å². The van der Waals surface area contributed by atoms with Crippen molar-refractivity contribution in [2.45, 2.75) is 156 Å². The molecule has 0 heterocycles. The fraction of sp³-hybridized carbons (Fsp3) is 0.971. The van der Waals surface area contributed by atoms with Gasteiger partial charge >= 0.3 is 5.97 Å². The number of esters is 1. The average Bonchev–Trinajstić information content (AvgIpc) is 3.18. The zero-order valence-corrected chi connectivity index (χ0v) is 32.6. The van der Waals surface area contributed by atoms with E-state index in [9.17, 15) is 4.79 Å². The van der Waals surface area contributed by atoms with Crippen LogP contribution in [0.2, 0.25) is 58.9 Å². The molecule has 244 valence electrons. The van der Waals surface area contributed by atoms with Gasteiger partial charge in [0.2, 0.25) is 0 Å². The fourth-order valence-corrected chi connectivity index (χ4v) is 14.2. The van der Waals surface area contributed by atoms with Crippen LogP contribution in [0.4, 0.5) is 0 Å². The van der Waals surface area contributed by atoms with E-state index < -0.39 is 25.0 Å². The third kappa shape index (κ3) is 7.35. The van der Waals surface area contributed by atoms with E-state index in [1.807, 2.05) is 0 Å². The Bertz CT molecular complexity index is 954. The lowest BCUT2D eigenvalue weighted by Gasteiger charge is -2.66. The Balaban J connectivity index is 1.70. The second kappa shape index (κ2) is 12.3. The van der Waals surface area contributed by atoms with Gasteiger partial charge in [-0.25, -0.2) is 0 Å². The highest BCUT2D eigenvalue weighted by atomic mass is 28.4. The predicted octanol–water partition coefficient (Wildman–Crippen LogP) is 9.11. The molecule has 5 nitrogen and oxygen atoms in total. The lowest BCUT2D eigenvalue weighted by atomic mass is 9.43. The Morgan fingerprint density at radius 3 is 2.00 bits per heavy atom. The molecule has 11 atom stereocenters. The summed E-state index contributed by atoms with van der Waals surface area (Å²) >= 11 is 0. The maximum atomic E-state index is 12.0. The summed E-state index contributed by atoms with van der Waals surface area (Å²) < 4.78 is 26.4. The molecule has 4 rings (SSSR count). The molecule has 0 saturated heterocycles. The van der Waals surface area contributed by atoms with E-state index in [1.165, 1.54) is 32.8 Å². The number of carbonyl (C=O) groups excluding carboxylic acids is 1. The van der Waals surface area contributed by atoms with Gasteiger partial charge in [-0.3, -0.25) is 4.79 Å². The van der Waals surface area contributed by atoms with Crippen molar-refractivity contribution in [1.29, 1.82) is 0 Å². The summed E-state index contributed by atoms with van der Waals surface area (Å²) in [5.74, 6) is 3.63. The minimum absolute atomic E-state index is 0.0674. The van der Waals surface area contributed by atoms with E-state index >= 15 is 0 Å². The van der Waals surface area contributed by atoms with Crippen molar-refractivity contribution in [1.82, 2.24) is 0 Å².